The highest BCUT2D eigenvalue weighted by atomic mass is 16.4. The van der Waals surface area contributed by atoms with Crippen molar-refractivity contribution in [3.63, 3.8) is 0 Å². The van der Waals surface area contributed by atoms with Crippen molar-refractivity contribution in [3.8, 4) is 11.8 Å². The van der Waals surface area contributed by atoms with Gasteiger partial charge in [-0.3, -0.25) is 0 Å². The van der Waals surface area contributed by atoms with Crippen molar-refractivity contribution in [2.45, 2.75) is 6.92 Å². The van der Waals surface area contributed by atoms with Gasteiger partial charge in [-0.05, 0) is 30.5 Å². The van der Waals surface area contributed by atoms with Gasteiger partial charge in [0.05, 0.1) is 0 Å². The van der Waals surface area contributed by atoms with Crippen LogP contribution in [0.15, 0.2) is 59.8 Å². The van der Waals surface area contributed by atoms with E-state index in [1.165, 1.54) is 0 Å². The van der Waals surface area contributed by atoms with E-state index in [0.717, 1.165) is 16.7 Å². The Hall–Kier alpha value is -2.53. The number of hydrogen-bond acceptors (Lipinski definition) is 2. The van der Waals surface area contributed by atoms with Gasteiger partial charge >= 0.3 is 0 Å². The molecular formula is C16H13NO. The molecule has 0 amide bonds. The second kappa shape index (κ2) is 5.70. The summed E-state index contributed by atoms with van der Waals surface area (Å²) in [4.78, 5) is 0. The van der Waals surface area contributed by atoms with Crippen LogP contribution in [-0.2, 0) is 0 Å². The molecule has 2 heteroatoms. The third-order valence-electron chi connectivity index (χ3n) is 2.60. The number of nitrogens with zero attached hydrogens (tertiary/aromatic N) is 1. The zero-order valence-corrected chi connectivity index (χ0v) is 10.1. The van der Waals surface area contributed by atoms with Crippen LogP contribution < -0.4 is 0 Å². The van der Waals surface area contributed by atoms with Crippen molar-refractivity contribution in [3.05, 3.63) is 71.3 Å². The van der Waals surface area contributed by atoms with Gasteiger partial charge in [-0.2, -0.15) is 0 Å². The summed E-state index contributed by atoms with van der Waals surface area (Å²) in [6.45, 7) is 1.96. The molecule has 0 saturated carbocycles. The molecule has 0 heterocycles. The lowest BCUT2D eigenvalue weighted by molar-refractivity contribution is 0.320. The Labute approximate surface area is 107 Å². The van der Waals surface area contributed by atoms with Crippen molar-refractivity contribution in [1.29, 1.82) is 0 Å². The Bertz CT molecular complexity index is 618. The SMILES string of the molecule is Cc1ccccc1/C(C#Cc1ccccc1)=N\O. The maximum atomic E-state index is 9.07. The number of rotatable bonds is 1. The molecule has 88 valence electrons. The van der Waals surface area contributed by atoms with Gasteiger partial charge in [-0.25, -0.2) is 0 Å². The summed E-state index contributed by atoms with van der Waals surface area (Å²) >= 11 is 0. The zero-order valence-electron chi connectivity index (χ0n) is 10.1. The molecular weight excluding hydrogens is 222 g/mol. The third kappa shape index (κ3) is 2.78. The van der Waals surface area contributed by atoms with Crippen LogP contribution >= 0.6 is 0 Å². The van der Waals surface area contributed by atoms with E-state index < -0.39 is 0 Å². The first-order chi connectivity index (χ1) is 8.81. The summed E-state index contributed by atoms with van der Waals surface area (Å²) in [5.41, 5.74) is 3.17. The first-order valence-corrected chi connectivity index (χ1v) is 5.66. The van der Waals surface area contributed by atoms with E-state index in [-0.39, 0.29) is 0 Å². The Morgan fingerprint density at radius 2 is 1.67 bits per heavy atom. The highest BCUT2D eigenvalue weighted by molar-refractivity contribution is 6.13. The quantitative estimate of drug-likeness (QED) is 0.350. The molecule has 0 saturated heterocycles. The molecule has 0 aliphatic carbocycles. The molecule has 0 fully saturated rings. The fourth-order valence-corrected chi connectivity index (χ4v) is 1.64. The predicted molar refractivity (Wildman–Crippen MR) is 72.8 cm³/mol. The lowest BCUT2D eigenvalue weighted by atomic mass is 10.0. The minimum atomic E-state index is 0.386. The molecule has 0 unspecified atom stereocenters. The molecule has 2 rings (SSSR count). The van der Waals surface area contributed by atoms with Crippen molar-refractivity contribution >= 4 is 5.71 Å². The van der Waals surface area contributed by atoms with Gasteiger partial charge in [-0.15, -0.1) is 0 Å². The Kier molecular flexibility index (Phi) is 3.78. The summed E-state index contributed by atoms with van der Waals surface area (Å²) in [5, 5.41) is 12.3. The lowest BCUT2D eigenvalue weighted by Gasteiger charge is -2.01. The molecule has 18 heavy (non-hydrogen) atoms. The summed E-state index contributed by atoms with van der Waals surface area (Å²) in [6, 6.07) is 17.3. The van der Waals surface area contributed by atoms with Gasteiger partial charge in [0.25, 0.3) is 0 Å². The van der Waals surface area contributed by atoms with Crippen molar-refractivity contribution in [2.75, 3.05) is 0 Å². The van der Waals surface area contributed by atoms with E-state index in [4.69, 9.17) is 5.21 Å². The largest absolute Gasteiger partial charge is 0.410 e. The second-order valence-corrected chi connectivity index (χ2v) is 3.88. The fraction of sp³-hybridized carbons (Fsp3) is 0.0625. The maximum absolute atomic E-state index is 9.07. The topological polar surface area (TPSA) is 32.6 Å². The monoisotopic (exact) mass is 235 g/mol. The molecule has 2 aromatic rings. The minimum Gasteiger partial charge on any atom is -0.410 e. The van der Waals surface area contributed by atoms with Gasteiger partial charge in [0.15, 0.2) is 5.71 Å². The van der Waals surface area contributed by atoms with E-state index in [0.29, 0.717) is 5.71 Å². The highest BCUT2D eigenvalue weighted by Crippen LogP contribution is 2.08. The maximum Gasteiger partial charge on any atom is 0.160 e. The average molecular weight is 235 g/mol. The third-order valence-corrected chi connectivity index (χ3v) is 2.60. The van der Waals surface area contributed by atoms with E-state index >= 15 is 0 Å². The predicted octanol–water partition coefficient (Wildman–Crippen LogP) is 3.23. The van der Waals surface area contributed by atoms with Crippen molar-refractivity contribution in [1.82, 2.24) is 0 Å². The molecule has 2 aromatic carbocycles. The molecule has 0 bridgehead atoms. The Morgan fingerprint density at radius 1 is 1.00 bits per heavy atom. The highest BCUT2D eigenvalue weighted by Gasteiger charge is 2.03. The summed E-state index contributed by atoms with van der Waals surface area (Å²) in [6.07, 6.45) is 0. The molecule has 0 aromatic heterocycles. The lowest BCUT2D eigenvalue weighted by Crippen LogP contribution is -2.00. The van der Waals surface area contributed by atoms with Gasteiger partial charge in [0, 0.05) is 11.1 Å². The number of benzene rings is 2. The Morgan fingerprint density at radius 3 is 2.33 bits per heavy atom. The summed E-state index contributed by atoms with van der Waals surface area (Å²) in [5.74, 6) is 5.87. The standard InChI is InChI=1S/C16H13NO/c1-13-7-5-6-10-15(13)16(17-18)12-11-14-8-3-2-4-9-14/h2-10,18H,1H3/b17-16-. The molecule has 0 spiro atoms. The van der Waals surface area contributed by atoms with Crippen LogP contribution in [0.25, 0.3) is 0 Å². The molecule has 0 atom stereocenters. The van der Waals surface area contributed by atoms with Gasteiger partial charge in [-0.1, -0.05) is 53.5 Å². The van der Waals surface area contributed by atoms with E-state index in [1.807, 2.05) is 61.5 Å². The summed E-state index contributed by atoms with van der Waals surface area (Å²) < 4.78 is 0. The Balaban J connectivity index is 2.33. The van der Waals surface area contributed by atoms with Crippen molar-refractivity contribution in [2.24, 2.45) is 5.16 Å². The number of oxime groups is 1. The molecule has 0 aliphatic rings. The summed E-state index contributed by atoms with van der Waals surface area (Å²) in [7, 11) is 0. The average Bonchev–Trinajstić information content (AvgIpc) is 2.42. The van der Waals surface area contributed by atoms with Crippen molar-refractivity contribution < 1.29 is 5.21 Å². The minimum absolute atomic E-state index is 0.386. The van der Waals surface area contributed by atoms with Gasteiger partial charge in [0.2, 0.25) is 0 Å². The molecule has 2 nitrogen and oxygen atoms in total. The second-order valence-electron chi connectivity index (χ2n) is 3.88. The first kappa shape index (κ1) is 11.9. The normalized spacial score (nSPS) is 10.6. The van der Waals surface area contributed by atoms with Gasteiger partial charge < -0.3 is 5.21 Å². The van der Waals surface area contributed by atoms with Crippen LogP contribution in [0, 0.1) is 18.8 Å². The van der Waals surface area contributed by atoms with Crippen LogP contribution in [0.1, 0.15) is 16.7 Å². The van der Waals surface area contributed by atoms with Gasteiger partial charge in [0.1, 0.15) is 0 Å². The number of aryl methyl sites for hydroxylation is 1. The van der Waals surface area contributed by atoms with Crippen LogP contribution in [-0.4, -0.2) is 10.9 Å². The molecule has 0 radical (unpaired) electrons. The van der Waals surface area contributed by atoms with Crippen LogP contribution in [0.2, 0.25) is 0 Å². The zero-order chi connectivity index (χ0) is 12.8. The molecule has 0 aliphatic heterocycles. The smallest absolute Gasteiger partial charge is 0.160 e. The van der Waals surface area contributed by atoms with Crippen LogP contribution in [0.3, 0.4) is 0 Å². The first-order valence-electron chi connectivity index (χ1n) is 5.66. The number of hydrogen-bond donors (Lipinski definition) is 1. The molecule has 1 N–H and O–H groups in total. The van der Waals surface area contributed by atoms with E-state index in [2.05, 4.69) is 17.0 Å². The van der Waals surface area contributed by atoms with Crippen LogP contribution in [0.4, 0.5) is 0 Å². The van der Waals surface area contributed by atoms with E-state index in [1.54, 1.807) is 0 Å². The van der Waals surface area contributed by atoms with Crippen LogP contribution in [0.5, 0.6) is 0 Å². The fourth-order valence-electron chi connectivity index (χ4n) is 1.64. The van der Waals surface area contributed by atoms with E-state index in [9.17, 15) is 0 Å².